The molecule has 0 aromatic carbocycles. The Labute approximate surface area is 80.3 Å². The molecule has 0 spiro atoms. The molecule has 0 aliphatic carbocycles. The van der Waals surface area contributed by atoms with Crippen molar-refractivity contribution in [2.24, 2.45) is 0 Å². The molecule has 2 unspecified atom stereocenters. The summed E-state index contributed by atoms with van der Waals surface area (Å²) in [4.78, 5) is 1.16. The number of hydrogen-bond donors (Lipinski definition) is 3. The van der Waals surface area contributed by atoms with Gasteiger partial charge in [-0.1, -0.05) is 0 Å². The zero-order chi connectivity index (χ0) is 8.15. The van der Waals surface area contributed by atoms with Gasteiger partial charge in [-0.25, -0.2) is 0 Å². The van der Waals surface area contributed by atoms with Crippen LogP contribution in [0.15, 0.2) is 0 Å². The van der Waals surface area contributed by atoms with Gasteiger partial charge in [-0.2, -0.15) is 0 Å². The molecular weight excluding hydrogens is 181 g/mol. The number of rotatable bonds is 4. The van der Waals surface area contributed by atoms with E-state index in [2.05, 4.69) is 0 Å². The van der Waals surface area contributed by atoms with E-state index in [0.29, 0.717) is 13.1 Å². The summed E-state index contributed by atoms with van der Waals surface area (Å²) in [6.45, 7) is 4.91. The fraction of sp³-hybridized carbons (Fsp3) is 1.00. The van der Waals surface area contributed by atoms with E-state index in [-0.39, 0.29) is 30.8 Å². The van der Waals surface area contributed by atoms with Crippen molar-refractivity contribution < 1.29 is 33.7 Å². The summed E-state index contributed by atoms with van der Waals surface area (Å²) < 4.78 is 0. The van der Waals surface area contributed by atoms with Crippen molar-refractivity contribution in [3.8, 4) is 0 Å². The molecule has 4 heteroatoms. The third kappa shape index (κ3) is 10.5. The molecule has 0 saturated carbocycles. The number of likely N-dealkylation sites (N-methyl/N-ethyl adjacent to an activating group) is 1. The van der Waals surface area contributed by atoms with E-state index < -0.39 is 0 Å². The Morgan fingerprint density at radius 1 is 1.09 bits per heavy atom. The largest absolute Gasteiger partial charge is 0.388 e. The van der Waals surface area contributed by atoms with E-state index in [0.717, 1.165) is 4.90 Å². The van der Waals surface area contributed by atoms with Crippen molar-refractivity contribution >= 4 is 0 Å². The maximum Gasteiger partial charge on any atom is 0.103 e. The van der Waals surface area contributed by atoms with Crippen LogP contribution >= 0.6 is 0 Å². The standard InChI is InChI=1S/C7H17NO2.V/c1-6(9)4-8(3)5-7(2)10;/h6-7,9-10H,4-5H2,1-3H3;/p+1. The average molecular weight is 199 g/mol. The van der Waals surface area contributed by atoms with E-state index in [1.807, 2.05) is 7.05 Å². The maximum absolute atomic E-state index is 8.93. The molecule has 0 bridgehead atoms. The second kappa shape index (κ2) is 7.13. The number of aliphatic hydroxyl groups is 2. The Kier molecular flexibility index (Phi) is 9.09. The molecule has 0 aliphatic rings. The molecule has 0 saturated heterocycles. The van der Waals surface area contributed by atoms with Crippen LogP contribution < -0.4 is 4.90 Å². The molecule has 1 radical (unpaired) electrons. The molecular formula is C7H18NO2V+. The Balaban J connectivity index is 0. The molecule has 0 rings (SSSR count). The molecule has 2 atom stereocenters. The van der Waals surface area contributed by atoms with Crippen LogP contribution in [0.25, 0.3) is 0 Å². The van der Waals surface area contributed by atoms with E-state index in [1.54, 1.807) is 13.8 Å². The monoisotopic (exact) mass is 199 g/mol. The molecule has 11 heavy (non-hydrogen) atoms. The Bertz CT molecular complexity index is 78.5. The first kappa shape index (κ1) is 14.0. The first-order valence-corrected chi connectivity index (χ1v) is 3.69. The number of nitrogens with one attached hydrogen (secondary N) is 1. The summed E-state index contributed by atoms with van der Waals surface area (Å²) >= 11 is 0. The fourth-order valence-corrected chi connectivity index (χ4v) is 1.09. The number of quaternary nitrogens is 1. The van der Waals surface area contributed by atoms with Gasteiger partial charge >= 0.3 is 0 Å². The van der Waals surface area contributed by atoms with Gasteiger partial charge in [0.25, 0.3) is 0 Å². The van der Waals surface area contributed by atoms with Gasteiger partial charge in [-0.3, -0.25) is 0 Å². The van der Waals surface area contributed by atoms with Crippen LogP contribution in [-0.2, 0) is 18.6 Å². The third-order valence-electron chi connectivity index (χ3n) is 1.29. The van der Waals surface area contributed by atoms with Gasteiger partial charge in [0.05, 0.1) is 7.05 Å². The second-order valence-electron chi connectivity index (χ2n) is 3.06. The minimum atomic E-state index is -0.279. The Morgan fingerprint density at radius 3 is 1.55 bits per heavy atom. The molecule has 0 aliphatic heterocycles. The van der Waals surface area contributed by atoms with E-state index >= 15 is 0 Å². The van der Waals surface area contributed by atoms with Crippen molar-refractivity contribution in [2.75, 3.05) is 20.1 Å². The Hall–Kier alpha value is 0.464. The van der Waals surface area contributed by atoms with Crippen molar-refractivity contribution in [3.63, 3.8) is 0 Å². The van der Waals surface area contributed by atoms with Gasteiger partial charge in [-0.15, -0.1) is 0 Å². The topological polar surface area (TPSA) is 44.9 Å². The summed E-state index contributed by atoms with van der Waals surface area (Å²) in [6, 6.07) is 0. The predicted molar refractivity (Wildman–Crippen MR) is 40.0 cm³/mol. The molecule has 3 N–H and O–H groups in total. The van der Waals surface area contributed by atoms with Crippen LogP contribution in [0.1, 0.15) is 13.8 Å². The zero-order valence-corrected chi connectivity index (χ0v) is 8.81. The summed E-state index contributed by atoms with van der Waals surface area (Å²) in [5.74, 6) is 0. The number of aliphatic hydroxyl groups excluding tert-OH is 2. The quantitative estimate of drug-likeness (QED) is 0.503. The van der Waals surface area contributed by atoms with Crippen LogP contribution in [0, 0.1) is 0 Å². The molecule has 0 aromatic heterocycles. The van der Waals surface area contributed by atoms with E-state index in [1.165, 1.54) is 0 Å². The normalized spacial score (nSPS) is 18.3. The maximum atomic E-state index is 8.93. The van der Waals surface area contributed by atoms with E-state index in [9.17, 15) is 0 Å². The second-order valence-corrected chi connectivity index (χ2v) is 3.06. The fourth-order valence-electron chi connectivity index (χ4n) is 1.09. The molecule has 67 valence electrons. The number of hydrogen-bond acceptors (Lipinski definition) is 2. The van der Waals surface area contributed by atoms with Gasteiger partial charge in [0, 0.05) is 18.6 Å². The summed E-state index contributed by atoms with van der Waals surface area (Å²) in [5, 5.41) is 17.9. The van der Waals surface area contributed by atoms with Crippen LogP contribution in [0.2, 0.25) is 0 Å². The van der Waals surface area contributed by atoms with Crippen molar-refractivity contribution in [3.05, 3.63) is 0 Å². The minimum absolute atomic E-state index is 0. The van der Waals surface area contributed by atoms with E-state index in [4.69, 9.17) is 10.2 Å². The third-order valence-corrected chi connectivity index (χ3v) is 1.29. The van der Waals surface area contributed by atoms with Gasteiger partial charge in [0.15, 0.2) is 0 Å². The molecule has 3 nitrogen and oxygen atoms in total. The smallest absolute Gasteiger partial charge is 0.103 e. The molecule has 0 heterocycles. The summed E-state index contributed by atoms with van der Waals surface area (Å²) in [6.07, 6.45) is -0.558. The zero-order valence-electron chi connectivity index (χ0n) is 7.41. The average Bonchev–Trinajstić information content (AvgIpc) is 1.58. The summed E-state index contributed by atoms with van der Waals surface area (Å²) in [5.41, 5.74) is 0. The van der Waals surface area contributed by atoms with Gasteiger partial charge in [0.1, 0.15) is 25.3 Å². The van der Waals surface area contributed by atoms with Crippen LogP contribution in [0.5, 0.6) is 0 Å². The SMILES string of the molecule is CC(O)C[NH+](C)CC(C)O.[V]. The van der Waals surface area contributed by atoms with Gasteiger partial charge in [-0.05, 0) is 13.8 Å². The molecule has 0 amide bonds. The van der Waals surface area contributed by atoms with Crippen LogP contribution in [0.4, 0.5) is 0 Å². The molecule has 0 aromatic rings. The first-order chi connectivity index (χ1) is 4.52. The van der Waals surface area contributed by atoms with Crippen molar-refractivity contribution in [2.45, 2.75) is 26.1 Å². The minimum Gasteiger partial charge on any atom is -0.388 e. The molecule has 0 fully saturated rings. The first-order valence-electron chi connectivity index (χ1n) is 3.69. The van der Waals surface area contributed by atoms with Crippen molar-refractivity contribution in [1.82, 2.24) is 0 Å². The Morgan fingerprint density at radius 2 is 1.36 bits per heavy atom. The van der Waals surface area contributed by atoms with Crippen LogP contribution in [0.3, 0.4) is 0 Å². The van der Waals surface area contributed by atoms with Gasteiger partial charge in [0.2, 0.25) is 0 Å². The van der Waals surface area contributed by atoms with Gasteiger partial charge < -0.3 is 15.1 Å². The summed E-state index contributed by atoms with van der Waals surface area (Å²) in [7, 11) is 1.96. The predicted octanol–water partition coefficient (Wildman–Crippen LogP) is -1.74. The van der Waals surface area contributed by atoms with Crippen molar-refractivity contribution in [1.29, 1.82) is 0 Å². The van der Waals surface area contributed by atoms with Crippen LogP contribution in [-0.4, -0.2) is 42.6 Å².